The van der Waals surface area contributed by atoms with Gasteiger partial charge in [-0.25, -0.2) is 0 Å². The van der Waals surface area contributed by atoms with Gasteiger partial charge in [-0.15, -0.1) is 0 Å². The topological polar surface area (TPSA) is 29.1 Å². The van der Waals surface area contributed by atoms with Crippen LogP contribution < -0.4 is 5.32 Å². The van der Waals surface area contributed by atoms with Crippen LogP contribution >= 0.6 is 15.9 Å². The molecule has 21 heavy (non-hydrogen) atoms. The Labute approximate surface area is 138 Å². The summed E-state index contributed by atoms with van der Waals surface area (Å²) in [4.78, 5) is 13.0. The van der Waals surface area contributed by atoms with E-state index < -0.39 is 0 Å². The second-order valence-electron chi connectivity index (χ2n) is 9.20. The summed E-state index contributed by atoms with van der Waals surface area (Å²) in [5.41, 5.74) is 0.803. The molecular weight excluding hydrogens is 326 g/mol. The standard InChI is InChI=1S/C18H30BrNO/c1-13(4-5-19)9-20-15(21)18-8-14-6-16(2,11-18)10-17(3,7-14)12-18/h13-14H,4-12H2,1-3H3,(H,20,21). The van der Waals surface area contributed by atoms with Crippen molar-refractivity contribution in [3.8, 4) is 0 Å². The molecule has 2 nitrogen and oxygen atoms in total. The number of halogens is 1. The fraction of sp³-hybridized carbons (Fsp3) is 0.944. The lowest BCUT2D eigenvalue weighted by atomic mass is 9.40. The number of carbonyl (C=O) groups excluding carboxylic acids is 1. The zero-order chi connectivity index (χ0) is 15.3. The van der Waals surface area contributed by atoms with Crippen LogP contribution in [0.4, 0.5) is 0 Å². The second kappa shape index (κ2) is 5.25. The van der Waals surface area contributed by atoms with E-state index in [1.165, 1.54) is 19.3 Å². The Hall–Kier alpha value is -0.0500. The van der Waals surface area contributed by atoms with Gasteiger partial charge in [-0.3, -0.25) is 4.79 Å². The van der Waals surface area contributed by atoms with Crippen LogP contribution in [0.2, 0.25) is 0 Å². The van der Waals surface area contributed by atoms with Gasteiger partial charge in [0.1, 0.15) is 0 Å². The van der Waals surface area contributed by atoms with Crippen LogP contribution in [0.1, 0.15) is 65.7 Å². The van der Waals surface area contributed by atoms with Crippen molar-refractivity contribution in [2.24, 2.45) is 28.1 Å². The first-order chi connectivity index (χ1) is 9.78. The second-order valence-corrected chi connectivity index (χ2v) is 10.00. The fourth-order valence-electron chi connectivity index (χ4n) is 6.44. The molecule has 3 heteroatoms. The average molecular weight is 356 g/mol. The SMILES string of the molecule is CC(CCBr)CNC(=O)C12CC3CC(C)(CC(C)(C3)C1)C2. The molecule has 120 valence electrons. The van der Waals surface area contributed by atoms with Crippen molar-refractivity contribution in [3.63, 3.8) is 0 Å². The molecule has 4 saturated carbocycles. The van der Waals surface area contributed by atoms with E-state index in [-0.39, 0.29) is 5.41 Å². The van der Waals surface area contributed by atoms with E-state index in [1.807, 2.05) is 0 Å². The Bertz CT molecular complexity index is 417. The maximum Gasteiger partial charge on any atom is 0.226 e. The van der Waals surface area contributed by atoms with E-state index in [0.29, 0.717) is 22.7 Å². The van der Waals surface area contributed by atoms with Gasteiger partial charge in [0.15, 0.2) is 0 Å². The van der Waals surface area contributed by atoms with Crippen LogP contribution in [0.3, 0.4) is 0 Å². The number of hydrogen-bond acceptors (Lipinski definition) is 1. The summed E-state index contributed by atoms with van der Waals surface area (Å²) >= 11 is 3.49. The minimum Gasteiger partial charge on any atom is -0.355 e. The van der Waals surface area contributed by atoms with Crippen molar-refractivity contribution in [3.05, 3.63) is 0 Å². The lowest BCUT2D eigenvalue weighted by Gasteiger charge is -2.64. The average Bonchev–Trinajstić information content (AvgIpc) is 2.31. The van der Waals surface area contributed by atoms with Crippen LogP contribution in [0.15, 0.2) is 0 Å². The summed E-state index contributed by atoms with van der Waals surface area (Å²) in [5.74, 6) is 1.72. The molecule has 0 aliphatic heterocycles. The van der Waals surface area contributed by atoms with Crippen LogP contribution in [-0.2, 0) is 4.79 Å². The number of alkyl halides is 1. The minimum atomic E-state index is -0.0446. The molecule has 0 aromatic rings. The van der Waals surface area contributed by atoms with E-state index in [1.54, 1.807) is 0 Å². The zero-order valence-corrected chi connectivity index (χ0v) is 15.4. The van der Waals surface area contributed by atoms with Gasteiger partial charge >= 0.3 is 0 Å². The number of nitrogens with one attached hydrogen (secondary N) is 1. The predicted molar refractivity (Wildman–Crippen MR) is 90.4 cm³/mol. The lowest BCUT2D eigenvalue weighted by molar-refractivity contribution is -0.170. The van der Waals surface area contributed by atoms with Gasteiger partial charge in [-0.1, -0.05) is 36.7 Å². The number of hydrogen-bond donors (Lipinski definition) is 1. The summed E-state index contributed by atoms with van der Waals surface area (Å²) in [5, 5.41) is 4.32. The quantitative estimate of drug-likeness (QED) is 0.721. The van der Waals surface area contributed by atoms with Crippen LogP contribution in [0.25, 0.3) is 0 Å². The largest absolute Gasteiger partial charge is 0.355 e. The molecule has 4 aliphatic rings. The zero-order valence-electron chi connectivity index (χ0n) is 13.8. The fourth-order valence-corrected chi connectivity index (χ4v) is 7.23. The van der Waals surface area contributed by atoms with E-state index in [4.69, 9.17) is 0 Å². The first-order valence-electron chi connectivity index (χ1n) is 8.63. The molecule has 4 aliphatic carbocycles. The first-order valence-corrected chi connectivity index (χ1v) is 9.75. The third-order valence-electron chi connectivity index (χ3n) is 6.32. The smallest absolute Gasteiger partial charge is 0.226 e. The van der Waals surface area contributed by atoms with E-state index in [0.717, 1.165) is 43.5 Å². The summed E-state index contributed by atoms with van der Waals surface area (Å²) in [7, 11) is 0. The molecule has 3 unspecified atom stereocenters. The van der Waals surface area contributed by atoms with E-state index >= 15 is 0 Å². The highest BCUT2D eigenvalue weighted by Crippen LogP contribution is 2.69. The Kier molecular flexibility index (Phi) is 3.96. The molecule has 0 spiro atoms. The highest BCUT2D eigenvalue weighted by Gasteiger charge is 2.62. The van der Waals surface area contributed by atoms with Gasteiger partial charge in [0.05, 0.1) is 5.41 Å². The van der Waals surface area contributed by atoms with Crippen LogP contribution in [0.5, 0.6) is 0 Å². The van der Waals surface area contributed by atoms with Crippen LogP contribution in [0, 0.1) is 28.1 Å². The molecular formula is C18H30BrNO. The highest BCUT2D eigenvalue weighted by molar-refractivity contribution is 9.09. The van der Waals surface area contributed by atoms with Crippen molar-refractivity contribution in [1.82, 2.24) is 5.32 Å². The van der Waals surface area contributed by atoms with Crippen molar-refractivity contribution in [2.45, 2.75) is 65.7 Å². The third kappa shape index (κ3) is 2.92. The van der Waals surface area contributed by atoms with Gasteiger partial charge < -0.3 is 5.32 Å². The normalized spacial score (nSPS) is 45.6. The molecule has 1 amide bonds. The number of rotatable bonds is 5. The molecule has 0 saturated heterocycles. The molecule has 0 aromatic heterocycles. The lowest BCUT2D eigenvalue weighted by Crippen LogP contribution is -2.60. The van der Waals surface area contributed by atoms with Gasteiger partial charge in [0, 0.05) is 11.9 Å². The van der Waals surface area contributed by atoms with Gasteiger partial charge in [-0.2, -0.15) is 0 Å². The number of amides is 1. The monoisotopic (exact) mass is 355 g/mol. The van der Waals surface area contributed by atoms with Gasteiger partial charge in [0.2, 0.25) is 5.91 Å². The molecule has 4 fully saturated rings. The van der Waals surface area contributed by atoms with Gasteiger partial charge in [0.25, 0.3) is 0 Å². The summed E-state index contributed by atoms with van der Waals surface area (Å²) in [6.07, 6.45) is 8.60. The van der Waals surface area contributed by atoms with Crippen molar-refractivity contribution < 1.29 is 4.79 Å². The first kappa shape index (κ1) is 15.8. The molecule has 4 bridgehead atoms. The Morgan fingerprint density at radius 2 is 1.81 bits per heavy atom. The number of carbonyl (C=O) groups is 1. The molecule has 3 atom stereocenters. The van der Waals surface area contributed by atoms with Crippen molar-refractivity contribution >= 4 is 21.8 Å². The molecule has 1 N–H and O–H groups in total. The predicted octanol–water partition coefficient (Wildman–Crippen LogP) is 4.52. The summed E-state index contributed by atoms with van der Waals surface area (Å²) in [6, 6.07) is 0. The molecule has 4 rings (SSSR count). The van der Waals surface area contributed by atoms with Gasteiger partial charge in [-0.05, 0) is 67.6 Å². The van der Waals surface area contributed by atoms with E-state index in [2.05, 4.69) is 42.0 Å². The molecule has 0 radical (unpaired) electrons. The van der Waals surface area contributed by atoms with Crippen molar-refractivity contribution in [1.29, 1.82) is 0 Å². The Morgan fingerprint density at radius 1 is 1.19 bits per heavy atom. The summed E-state index contributed by atoms with van der Waals surface area (Å²) < 4.78 is 0. The Balaban J connectivity index is 1.71. The third-order valence-corrected chi connectivity index (χ3v) is 6.78. The van der Waals surface area contributed by atoms with Crippen LogP contribution in [-0.4, -0.2) is 17.8 Å². The Morgan fingerprint density at radius 3 is 2.33 bits per heavy atom. The van der Waals surface area contributed by atoms with E-state index in [9.17, 15) is 4.79 Å². The maximum atomic E-state index is 13.0. The molecule has 0 aromatic carbocycles. The minimum absolute atomic E-state index is 0.0446. The molecule has 0 heterocycles. The maximum absolute atomic E-state index is 13.0. The highest BCUT2D eigenvalue weighted by atomic mass is 79.9. The van der Waals surface area contributed by atoms with Crippen molar-refractivity contribution in [2.75, 3.05) is 11.9 Å². The summed E-state index contributed by atoms with van der Waals surface area (Å²) in [6.45, 7) is 7.94.